The summed E-state index contributed by atoms with van der Waals surface area (Å²) in [7, 11) is 0. The molecule has 0 fully saturated rings. The molecule has 1 N–H and O–H groups in total. The van der Waals surface area contributed by atoms with Gasteiger partial charge >= 0.3 is 5.97 Å². The van der Waals surface area contributed by atoms with E-state index >= 15 is 0 Å². The van der Waals surface area contributed by atoms with Crippen LogP contribution in [0.3, 0.4) is 0 Å². The molecule has 5 heteroatoms. The minimum absolute atomic E-state index is 0.149. The molecule has 1 rings (SSSR count). The second-order valence-corrected chi connectivity index (χ2v) is 3.71. The second-order valence-electron chi connectivity index (χ2n) is 2.74. The molecule has 0 amide bonds. The van der Waals surface area contributed by atoms with Crippen LogP contribution in [0.2, 0.25) is 5.02 Å². The Morgan fingerprint density at radius 2 is 2.14 bits per heavy atom. The largest absolute Gasteiger partial charge is 0.481 e. The van der Waals surface area contributed by atoms with E-state index in [-0.39, 0.29) is 12.0 Å². The minimum atomic E-state index is -1.06. The van der Waals surface area contributed by atoms with E-state index in [1.165, 1.54) is 6.07 Å². The molecule has 2 nitrogen and oxygen atoms in total. The van der Waals surface area contributed by atoms with Crippen molar-refractivity contribution in [3.8, 4) is 0 Å². The van der Waals surface area contributed by atoms with Gasteiger partial charge < -0.3 is 5.11 Å². The maximum Gasteiger partial charge on any atom is 0.307 e. The molecular formula is C9H7BrClFO2. The Bertz CT molecular complexity index is 368. The van der Waals surface area contributed by atoms with Crippen LogP contribution in [0.25, 0.3) is 0 Å². The van der Waals surface area contributed by atoms with E-state index in [9.17, 15) is 9.18 Å². The Morgan fingerprint density at radius 3 is 2.64 bits per heavy atom. The standard InChI is InChI=1S/C9H7BrClFO2/c10-4-6-1-5(2-9(13)14)8(12)3-7(6)11/h1,3H,2,4H2,(H,13,14). The normalized spacial score (nSPS) is 10.2. The summed E-state index contributed by atoms with van der Waals surface area (Å²) in [5.74, 6) is -1.64. The van der Waals surface area contributed by atoms with Crippen LogP contribution in [0.4, 0.5) is 4.39 Å². The molecule has 0 bridgehead atoms. The third-order valence-corrected chi connectivity index (χ3v) is 2.66. The molecule has 0 aromatic heterocycles. The van der Waals surface area contributed by atoms with Gasteiger partial charge in [0, 0.05) is 10.4 Å². The van der Waals surface area contributed by atoms with Gasteiger partial charge in [-0.3, -0.25) is 4.79 Å². The third-order valence-electron chi connectivity index (χ3n) is 1.70. The lowest BCUT2D eigenvalue weighted by atomic mass is 10.1. The maximum atomic E-state index is 13.2. The van der Waals surface area contributed by atoms with Crippen molar-refractivity contribution in [3.05, 3.63) is 34.1 Å². The molecule has 0 atom stereocenters. The Balaban J connectivity index is 3.10. The molecule has 0 spiro atoms. The number of rotatable bonds is 3. The van der Waals surface area contributed by atoms with Gasteiger partial charge in [-0.25, -0.2) is 4.39 Å². The lowest BCUT2D eigenvalue weighted by Crippen LogP contribution is -2.03. The zero-order chi connectivity index (χ0) is 10.7. The molecule has 0 heterocycles. The summed E-state index contributed by atoms with van der Waals surface area (Å²) in [6.07, 6.45) is -0.330. The van der Waals surface area contributed by atoms with Crippen LogP contribution in [-0.2, 0) is 16.5 Å². The van der Waals surface area contributed by atoms with Crippen molar-refractivity contribution in [3.63, 3.8) is 0 Å². The number of carboxylic acids is 1. The van der Waals surface area contributed by atoms with Crippen LogP contribution >= 0.6 is 27.5 Å². The second kappa shape index (κ2) is 4.75. The Labute approximate surface area is 93.8 Å². The van der Waals surface area contributed by atoms with Gasteiger partial charge in [0.2, 0.25) is 0 Å². The van der Waals surface area contributed by atoms with E-state index in [0.717, 1.165) is 6.07 Å². The van der Waals surface area contributed by atoms with E-state index in [4.69, 9.17) is 16.7 Å². The van der Waals surface area contributed by atoms with E-state index < -0.39 is 11.8 Å². The van der Waals surface area contributed by atoms with Gasteiger partial charge in [0.05, 0.1) is 6.42 Å². The van der Waals surface area contributed by atoms with E-state index in [0.29, 0.717) is 15.9 Å². The van der Waals surface area contributed by atoms with Gasteiger partial charge in [0.15, 0.2) is 0 Å². The number of hydrogen-bond donors (Lipinski definition) is 1. The van der Waals surface area contributed by atoms with E-state index in [2.05, 4.69) is 15.9 Å². The Morgan fingerprint density at radius 1 is 1.50 bits per heavy atom. The summed E-state index contributed by atoms with van der Waals surface area (Å²) in [6, 6.07) is 2.59. The molecule has 0 saturated carbocycles. The van der Waals surface area contributed by atoms with Crippen molar-refractivity contribution in [2.24, 2.45) is 0 Å². The first-order chi connectivity index (χ1) is 6.54. The van der Waals surface area contributed by atoms with Crippen molar-refractivity contribution < 1.29 is 14.3 Å². The summed E-state index contributed by atoms with van der Waals surface area (Å²) in [5.41, 5.74) is 0.834. The zero-order valence-electron chi connectivity index (χ0n) is 7.06. The van der Waals surface area contributed by atoms with Gasteiger partial charge in [-0.15, -0.1) is 0 Å². The summed E-state index contributed by atoms with van der Waals surface area (Å²) in [4.78, 5) is 10.4. The SMILES string of the molecule is O=C(O)Cc1cc(CBr)c(Cl)cc1F. The lowest BCUT2D eigenvalue weighted by molar-refractivity contribution is -0.136. The molecule has 76 valence electrons. The zero-order valence-corrected chi connectivity index (χ0v) is 9.40. The van der Waals surface area contributed by atoms with Gasteiger partial charge in [0.25, 0.3) is 0 Å². The molecular weight excluding hydrogens is 274 g/mol. The Kier molecular flexibility index (Phi) is 3.89. The smallest absolute Gasteiger partial charge is 0.307 e. The molecule has 0 saturated heterocycles. The van der Waals surface area contributed by atoms with Crippen LogP contribution in [0.15, 0.2) is 12.1 Å². The highest BCUT2D eigenvalue weighted by Crippen LogP contribution is 2.23. The van der Waals surface area contributed by atoms with Crippen molar-refractivity contribution in [2.45, 2.75) is 11.8 Å². The van der Waals surface area contributed by atoms with Crippen molar-refractivity contribution >= 4 is 33.5 Å². The Hall–Kier alpha value is -0.610. The molecule has 1 aromatic carbocycles. The number of aliphatic carboxylic acids is 1. The van der Waals surface area contributed by atoms with Crippen LogP contribution in [0.1, 0.15) is 11.1 Å². The number of carboxylic acid groups (broad SMARTS) is 1. The van der Waals surface area contributed by atoms with Gasteiger partial charge in [-0.05, 0) is 23.3 Å². The predicted octanol–water partition coefficient (Wildman–Crippen LogP) is 3.00. The highest BCUT2D eigenvalue weighted by atomic mass is 79.9. The molecule has 0 radical (unpaired) electrons. The highest BCUT2D eigenvalue weighted by molar-refractivity contribution is 9.08. The quantitative estimate of drug-likeness (QED) is 0.865. The topological polar surface area (TPSA) is 37.3 Å². The van der Waals surface area contributed by atoms with Gasteiger partial charge in [-0.1, -0.05) is 27.5 Å². The first-order valence-corrected chi connectivity index (χ1v) is 5.29. The van der Waals surface area contributed by atoms with Crippen molar-refractivity contribution in [1.29, 1.82) is 0 Å². The van der Waals surface area contributed by atoms with Crippen molar-refractivity contribution in [1.82, 2.24) is 0 Å². The summed E-state index contributed by atoms with van der Waals surface area (Å²) < 4.78 is 13.2. The third kappa shape index (κ3) is 2.69. The first-order valence-electron chi connectivity index (χ1n) is 3.79. The summed E-state index contributed by atoms with van der Waals surface area (Å²) in [6.45, 7) is 0. The fraction of sp³-hybridized carbons (Fsp3) is 0.222. The van der Waals surface area contributed by atoms with Crippen LogP contribution in [0.5, 0.6) is 0 Å². The molecule has 0 aliphatic rings. The summed E-state index contributed by atoms with van der Waals surface area (Å²) >= 11 is 8.90. The number of hydrogen-bond acceptors (Lipinski definition) is 1. The van der Waals surface area contributed by atoms with Gasteiger partial charge in [-0.2, -0.15) is 0 Å². The maximum absolute atomic E-state index is 13.2. The predicted molar refractivity (Wildman–Crippen MR) is 55.4 cm³/mol. The fourth-order valence-corrected chi connectivity index (χ4v) is 1.89. The van der Waals surface area contributed by atoms with E-state index in [1.54, 1.807) is 0 Å². The lowest BCUT2D eigenvalue weighted by Gasteiger charge is -2.05. The van der Waals surface area contributed by atoms with Crippen LogP contribution < -0.4 is 0 Å². The monoisotopic (exact) mass is 280 g/mol. The van der Waals surface area contributed by atoms with Crippen LogP contribution in [-0.4, -0.2) is 11.1 Å². The first kappa shape index (κ1) is 11.5. The molecule has 0 aliphatic carbocycles. The molecule has 0 unspecified atom stereocenters. The summed E-state index contributed by atoms with van der Waals surface area (Å²) in [5, 5.41) is 9.28. The number of halogens is 3. The van der Waals surface area contributed by atoms with Crippen LogP contribution in [0, 0.1) is 5.82 Å². The number of benzene rings is 1. The average molecular weight is 282 g/mol. The van der Waals surface area contributed by atoms with Crippen molar-refractivity contribution in [2.75, 3.05) is 0 Å². The molecule has 14 heavy (non-hydrogen) atoms. The highest BCUT2D eigenvalue weighted by Gasteiger charge is 2.10. The minimum Gasteiger partial charge on any atom is -0.481 e. The van der Waals surface area contributed by atoms with Gasteiger partial charge in [0.1, 0.15) is 5.82 Å². The number of alkyl halides is 1. The molecule has 1 aromatic rings. The fourth-order valence-electron chi connectivity index (χ4n) is 1.05. The number of carbonyl (C=O) groups is 1. The average Bonchev–Trinajstić information content (AvgIpc) is 2.09. The van der Waals surface area contributed by atoms with E-state index in [1.807, 2.05) is 0 Å². The molecule has 0 aliphatic heterocycles.